The highest BCUT2D eigenvalue weighted by Gasteiger charge is 2.20. The van der Waals surface area contributed by atoms with Crippen LogP contribution in [0.4, 0.5) is 11.4 Å². The Balaban J connectivity index is 1.84. The number of carbonyl (C=O) groups excluding carboxylic acids is 1. The van der Waals surface area contributed by atoms with Crippen LogP contribution in [0.2, 0.25) is 0 Å². The largest absolute Gasteiger partial charge is 0.372 e. The topological polar surface area (TPSA) is 44.8 Å². The molecule has 1 saturated heterocycles. The third kappa shape index (κ3) is 6.18. The van der Waals surface area contributed by atoms with Gasteiger partial charge < -0.3 is 19.9 Å². The lowest BCUT2D eigenvalue weighted by molar-refractivity contribution is -0.125. The average Bonchev–Trinajstić information content (AvgIpc) is 2.60. The summed E-state index contributed by atoms with van der Waals surface area (Å²) in [5.41, 5.74) is 2.02. The molecule has 1 unspecified atom stereocenters. The van der Waals surface area contributed by atoms with Crippen LogP contribution in [0.25, 0.3) is 0 Å². The minimum atomic E-state index is -0.492. The number of amides is 1. The van der Waals surface area contributed by atoms with Crippen molar-refractivity contribution in [1.29, 1.82) is 0 Å². The fraction of sp³-hybridized carbons (Fsp3) is 0.550. The first-order valence-corrected chi connectivity index (χ1v) is 9.02. The Morgan fingerprint density at radius 2 is 2.00 bits per heavy atom. The quantitative estimate of drug-likeness (QED) is 0.736. The molecule has 1 amide bonds. The van der Waals surface area contributed by atoms with Crippen molar-refractivity contribution < 1.29 is 9.53 Å². The van der Waals surface area contributed by atoms with Gasteiger partial charge in [-0.3, -0.25) is 4.79 Å². The van der Waals surface area contributed by atoms with Gasteiger partial charge in [-0.2, -0.15) is 0 Å². The van der Waals surface area contributed by atoms with Crippen molar-refractivity contribution in [3.63, 3.8) is 0 Å². The lowest BCUT2D eigenvalue weighted by Crippen LogP contribution is -2.37. The minimum Gasteiger partial charge on any atom is -0.372 e. The molecule has 1 aromatic carbocycles. The van der Waals surface area contributed by atoms with Gasteiger partial charge in [-0.05, 0) is 64.0 Å². The summed E-state index contributed by atoms with van der Waals surface area (Å²) in [7, 11) is 4.28. The number of nitrogens with zero attached hydrogens (tertiary/aromatic N) is 2. The normalized spacial score (nSPS) is 16.7. The van der Waals surface area contributed by atoms with E-state index in [-0.39, 0.29) is 5.91 Å². The zero-order valence-corrected chi connectivity index (χ0v) is 15.7. The molecule has 1 N–H and O–H groups in total. The third-order valence-electron chi connectivity index (χ3n) is 4.57. The second-order valence-corrected chi connectivity index (χ2v) is 6.99. The molecule has 1 aromatic rings. The van der Waals surface area contributed by atoms with Crippen molar-refractivity contribution in [2.75, 3.05) is 50.6 Å². The first kappa shape index (κ1) is 19.5. The van der Waals surface area contributed by atoms with Crippen molar-refractivity contribution in [2.45, 2.75) is 25.9 Å². The van der Waals surface area contributed by atoms with Crippen LogP contribution in [-0.4, -0.2) is 57.2 Å². The number of hydrogen-bond acceptors (Lipinski definition) is 4. The Kier molecular flexibility index (Phi) is 7.47. The van der Waals surface area contributed by atoms with Crippen molar-refractivity contribution in [3.8, 4) is 0 Å². The van der Waals surface area contributed by atoms with E-state index in [1.807, 2.05) is 12.1 Å². The molecule has 0 saturated carbocycles. The van der Waals surface area contributed by atoms with Crippen LogP contribution in [0, 0.1) is 5.92 Å². The van der Waals surface area contributed by atoms with Crippen molar-refractivity contribution in [3.05, 3.63) is 36.9 Å². The maximum absolute atomic E-state index is 12.0. The van der Waals surface area contributed by atoms with E-state index >= 15 is 0 Å². The van der Waals surface area contributed by atoms with Crippen LogP contribution >= 0.6 is 0 Å². The molecule has 0 bridgehead atoms. The molecule has 1 aliphatic heterocycles. The van der Waals surface area contributed by atoms with Crippen LogP contribution in [0.5, 0.6) is 0 Å². The highest BCUT2D eigenvalue weighted by molar-refractivity contribution is 5.94. The number of ether oxygens (including phenoxy) is 1. The van der Waals surface area contributed by atoms with Crippen LogP contribution in [0.3, 0.4) is 0 Å². The smallest absolute Gasteiger partial charge is 0.253 e. The molecule has 1 fully saturated rings. The monoisotopic (exact) mass is 345 g/mol. The van der Waals surface area contributed by atoms with Crippen molar-refractivity contribution in [1.82, 2.24) is 4.90 Å². The fourth-order valence-electron chi connectivity index (χ4n) is 3.18. The van der Waals surface area contributed by atoms with Gasteiger partial charge in [0.25, 0.3) is 5.91 Å². The summed E-state index contributed by atoms with van der Waals surface area (Å²) in [4.78, 5) is 16.7. The molecule has 25 heavy (non-hydrogen) atoms. The maximum Gasteiger partial charge on any atom is 0.253 e. The lowest BCUT2D eigenvalue weighted by Gasteiger charge is -2.34. The Bertz CT molecular complexity index is 549. The average molecular weight is 345 g/mol. The second-order valence-electron chi connectivity index (χ2n) is 6.99. The van der Waals surface area contributed by atoms with E-state index in [4.69, 9.17) is 4.74 Å². The van der Waals surface area contributed by atoms with E-state index in [2.05, 4.69) is 47.9 Å². The Morgan fingerprint density at radius 1 is 1.36 bits per heavy atom. The molecular formula is C20H31N3O2. The van der Waals surface area contributed by atoms with E-state index in [0.29, 0.717) is 6.61 Å². The highest BCUT2D eigenvalue weighted by Crippen LogP contribution is 2.25. The summed E-state index contributed by atoms with van der Waals surface area (Å²) in [6.07, 6.45) is 3.61. The summed E-state index contributed by atoms with van der Waals surface area (Å²) in [6.45, 7) is 9.06. The molecule has 1 aliphatic rings. The van der Waals surface area contributed by atoms with Gasteiger partial charge in [0.15, 0.2) is 0 Å². The molecule has 5 nitrogen and oxygen atoms in total. The number of anilines is 2. The Labute approximate surface area is 151 Å². The van der Waals surface area contributed by atoms with Crippen LogP contribution in [0.1, 0.15) is 19.8 Å². The van der Waals surface area contributed by atoms with Gasteiger partial charge >= 0.3 is 0 Å². The van der Waals surface area contributed by atoms with Crippen LogP contribution in [0.15, 0.2) is 36.9 Å². The summed E-state index contributed by atoms with van der Waals surface area (Å²) in [5, 5.41) is 2.89. The van der Waals surface area contributed by atoms with Gasteiger partial charge in [-0.1, -0.05) is 6.08 Å². The predicted molar refractivity (Wildman–Crippen MR) is 104 cm³/mol. The number of rotatable bonds is 8. The predicted octanol–water partition coefficient (Wildman–Crippen LogP) is 2.99. The lowest BCUT2D eigenvalue weighted by atomic mass is 9.96. The SMILES string of the molecule is C=CCOC(C)C(=O)Nc1ccc(N2CCC(CN(C)C)CC2)cc1. The molecule has 1 atom stereocenters. The zero-order chi connectivity index (χ0) is 18.2. The van der Waals surface area contributed by atoms with Crippen molar-refractivity contribution in [2.24, 2.45) is 5.92 Å². The van der Waals surface area contributed by atoms with Crippen LogP contribution in [-0.2, 0) is 9.53 Å². The summed E-state index contributed by atoms with van der Waals surface area (Å²) >= 11 is 0. The van der Waals surface area contributed by atoms with E-state index in [1.165, 1.54) is 25.1 Å². The van der Waals surface area contributed by atoms with Gasteiger partial charge in [0.2, 0.25) is 0 Å². The Hall–Kier alpha value is -1.85. The fourth-order valence-corrected chi connectivity index (χ4v) is 3.18. The van der Waals surface area contributed by atoms with E-state index < -0.39 is 6.10 Å². The van der Waals surface area contributed by atoms with Gasteiger partial charge in [0.1, 0.15) is 6.10 Å². The molecule has 2 rings (SSSR count). The van der Waals surface area contributed by atoms with Gasteiger partial charge in [0, 0.05) is 31.0 Å². The highest BCUT2D eigenvalue weighted by atomic mass is 16.5. The standard InChI is InChI=1S/C20H31N3O2/c1-5-14-25-16(2)20(24)21-18-6-8-19(9-7-18)23-12-10-17(11-13-23)15-22(3)4/h5-9,16-17H,1,10-15H2,2-4H3,(H,21,24). The maximum atomic E-state index is 12.0. The zero-order valence-electron chi connectivity index (χ0n) is 15.7. The number of nitrogens with one attached hydrogen (secondary N) is 1. The molecule has 0 radical (unpaired) electrons. The first-order valence-electron chi connectivity index (χ1n) is 9.02. The van der Waals surface area contributed by atoms with E-state index in [1.54, 1.807) is 13.0 Å². The summed E-state index contributed by atoms with van der Waals surface area (Å²) in [5.74, 6) is 0.654. The van der Waals surface area contributed by atoms with E-state index in [0.717, 1.165) is 24.7 Å². The molecular weight excluding hydrogens is 314 g/mol. The first-order chi connectivity index (χ1) is 12.0. The summed E-state index contributed by atoms with van der Waals surface area (Å²) in [6, 6.07) is 8.08. The Morgan fingerprint density at radius 3 is 2.56 bits per heavy atom. The van der Waals surface area contributed by atoms with Crippen LogP contribution < -0.4 is 10.2 Å². The van der Waals surface area contributed by atoms with Gasteiger partial charge in [0.05, 0.1) is 6.61 Å². The molecule has 0 spiro atoms. The molecule has 138 valence electrons. The number of piperidine rings is 1. The second kappa shape index (κ2) is 9.59. The van der Waals surface area contributed by atoms with Gasteiger partial charge in [-0.25, -0.2) is 0 Å². The molecule has 0 aliphatic carbocycles. The van der Waals surface area contributed by atoms with Crippen molar-refractivity contribution >= 4 is 17.3 Å². The third-order valence-corrected chi connectivity index (χ3v) is 4.57. The number of benzene rings is 1. The molecule has 5 heteroatoms. The van der Waals surface area contributed by atoms with Gasteiger partial charge in [-0.15, -0.1) is 6.58 Å². The van der Waals surface area contributed by atoms with E-state index in [9.17, 15) is 4.79 Å². The molecule has 0 aromatic heterocycles. The number of hydrogen-bond donors (Lipinski definition) is 1. The molecule has 1 heterocycles. The summed E-state index contributed by atoms with van der Waals surface area (Å²) < 4.78 is 5.34. The minimum absolute atomic E-state index is 0.140. The number of carbonyl (C=O) groups is 1.